The van der Waals surface area contributed by atoms with Gasteiger partial charge in [0.25, 0.3) is 0 Å². The van der Waals surface area contributed by atoms with Crippen molar-refractivity contribution in [2.24, 2.45) is 4.99 Å². The number of nitrogens with zero attached hydrogens (tertiary/aromatic N) is 1. The van der Waals surface area contributed by atoms with Crippen molar-refractivity contribution in [3.63, 3.8) is 0 Å². The standard InChI is InChI=1S/C24H18F4NOS.La/c1-13-7-15(3)22(16(4)8-13)17-5-6-19(14(2)9-17)24(27,28)30-18-10-20(25)23(29-12-31)21(26)11-18;/h5,7-11H,1-4H3;/q-1;. The third-order valence-corrected chi connectivity index (χ3v) is 4.88. The van der Waals surface area contributed by atoms with Crippen LogP contribution in [0.1, 0.15) is 27.8 Å². The Morgan fingerprint density at radius 1 is 0.938 bits per heavy atom. The van der Waals surface area contributed by atoms with Crippen LogP contribution in [-0.2, 0) is 6.11 Å². The van der Waals surface area contributed by atoms with Gasteiger partial charge in [0.05, 0.1) is 5.16 Å². The van der Waals surface area contributed by atoms with E-state index in [1.165, 1.54) is 13.0 Å². The SMILES string of the molecule is Cc1cc(C)c(-c2c[c-]c(C(F)(F)Oc3cc(F)c(N=C=S)c(F)c3)c(C)c2)c(C)c1.[La]. The molecule has 0 aliphatic rings. The summed E-state index contributed by atoms with van der Waals surface area (Å²) in [6.07, 6.45) is -3.87. The molecule has 0 saturated heterocycles. The summed E-state index contributed by atoms with van der Waals surface area (Å²) in [4.78, 5) is 3.24. The molecule has 0 aliphatic carbocycles. The van der Waals surface area contributed by atoms with Crippen LogP contribution < -0.4 is 4.74 Å². The van der Waals surface area contributed by atoms with Crippen molar-refractivity contribution in [1.82, 2.24) is 0 Å². The fourth-order valence-corrected chi connectivity index (χ4v) is 3.75. The van der Waals surface area contributed by atoms with Crippen molar-refractivity contribution in [2.75, 3.05) is 0 Å². The fourth-order valence-electron chi connectivity index (χ4n) is 3.66. The minimum Gasteiger partial charge on any atom is -0.430 e. The van der Waals surface area contributed by atoms with Crippen LogP contribution >= 0.6 is 12.2 Å². The summed E-state index contributed by atoms with van der Waals surface area (Å²) in [5.41, 5.74) is 3.81. The second kappa shape index (κ2) is 10.4. The van der Waals surface area contributed by atoms with Crippen LogP contribution in [0.3, 0.4) is 0 Å². The zero-order chi connectivity index (χ0) is 22.9. The zero-order valence-corrected chi connectivity index (χ0v) is 22.3. The molecule has 0 heterocycles. The number of hydrogen-bond donors (Lipinski definition) is 0. The van der Waals surface area contributed by atoms with E-state index < -0.39 is 34.7 Å². The molecule has 0 aliphatic heterocycles. The third-order valence-electron chi connectivity index (χ3n) is 4.79. The summed E-state index contributed by atoms with van der Waals surface area (Å²) < 4.78 is 62.2. The average molecular weight is 583 g/mol. The number of benzene rings is 3. The van der Waals surface area contributed by atoms with Gasteiger partial charge < -0.3 is 4.74 Å². The summed E-state index contributed by atoms with van der Waals surface area (Å²) in [6.45, 7) is 7.40. The van der Waals surface area contributed by atoms with Gasteiger partial charge in [-0.25, -0.2) is 8.78 Å². The van der Waals surface area contributed by atoms with Gasteiger partial charge in [-0.2, -0.15) is 32.0 Å². The van der Waals surface area contributed by atoms with Gasteiger partial charge in [0.2, 0.25) is 0 Å². The van der Waals surface area contributed by atoms with Crippen molar-refractivity contribution >= 4 is 23.1 Å². The molecule has 0 N–H and O–H groups in total. The maximum Gasteiger partial charge on any atom is 0.403 e. The first-order valence-corrected chi connectivity index (χ1v) is 9.69. The molecule has 0 atom stereocenters. The van der Waals surface area contributed by atoms with Gasteiger partial charge in [-0.3, -0.25) is 0 Å². The monoisotopic (exact) mass is 583 g/mol. The van der Waals surface area contributed by atoms with E-state index in [4.69, 9.17) is 0 Å². The minimum absolute atomic E-state index is 0. The van der Waals surface area contributed by atoms with Gasteiger partial charge in [-0.15, -0.1) is 11.1 Å². The van der Waals surface area contributed by atoms with Crippen molar-refractivity contribution in [2.45, 2.75) is 33.8 Å². The number of isothiocyanates is 1. The Morgan fingerprint density at radius 2 is 1.50 bits per heavy atom. The molecule has 1 radical (unpaired) electrons. The van der Waals surface area contributed by atoms with Crippen LogP contribution in [0, 0.1) is 81.0 Å². The van der Waals surface area contributed by atoms with Crippen LogP contribution in [0.2, 0.25) is 0 Å². The summed E-state index contributed by atoms with van der Waals surface area (Å²) in [5.74, 6) is -3.07. The molecule has 0 aromatic heterocycles. The molecule has 0 unspecified atom stereocenters. The van der Waals surface area contributed by atoms with Crippen LogP contribution in [0.5, 0.6) is 5.75 Å². The first-order valence-electron chi connectivity index (χ1n) is 9.28. The van der Waals surface area contributed by atoms with Gasteiger partial charge >= 0.3 is 6.11 Å². The maximum absolute atomic E-state index is 14.8. The van der Waals surface area contributed by atoms with Gasteiger partial charge in [0.15, 0.2) is 11.6 Å². The van der Waals surface area contributed by atoms with Crippen LogP contribution in [0.4, 0.5) is 23.2 Å². The van der Waals surface area contributed by atoms with Crippen molar-refractivity contribution in [3.05, 3.63) is 81.9 Å². The second-order valence-electron chi connectivity index (χ2n) is 7.28. The third kappa shape index (κ3) is 5.56. The average Bonchev–Trinajstić information content (AvgIpc) is 2.63. The topological polar surface area (TPSA) is 21.6 Å². The van der Waals surface area contributed by atoms with Gasteiger partial charge in [0, 0.05) is 47.7 Å². The predicted molar refractivity (Wildman–Crippen MR) is 115 cm³/mol. The van der Waals surface area contributed by atoms with E-state index in [1.54, 1.807) is 6.07 Å². The smallest absolute Gasteiger partial charge is 0.403 e. The number of halogens is 4. The predicted octanol–water partition coefficient (Wildman–Crippen LogP) is 7.53. The molecule has 0 saturated carbocycles. The van der Waals surface area contributed by atoms with Crippen molar-refractivity contribution < 1.29 is 57.9 Å². The normalized spacial score (nSPS) is 10.9. The number of aliphatic imine (C=N–C) groups is 1. The Hall–Kier alpha value is -1.83. The Balaban J connectivity index is 0.00000363. The molecule has 0 bridgehead atoms. The molecule has 3 rings (SSSR count). The van der Waals surface area contributed by atoms with Gasteiger partial charge in [-0.05, 0) is 38.6 Å². The quantitative estimate of drug-likeness (QED) is 0.134. The Labute approximate surface area is 217 Å². The molecule has 0 amide bonds. The van der Waals surface area contributed by atoms with Crippen LogP contribution in [0.15, 0.2) is 41.4 Å². The van der Waals surface area contributed by atoms with E-state index in [-0.39, 0.29) is 41.2 Å². The molecule has 163 valence electrons. The largest absolute Gasteiger partial charge is 0.430 e. The summed E-state index contributed by atoms with van der Waals surface area (Å²) in [5, 5.41) is 1.83. The second-order valence-corrected chi connectivity index (χ2v) is 7.46. The zero-order valence-electron chi connectivity index (χ0n) is 17.8. The van der Waals surface area contributed by atoms with Crippen LogP contribution in [-0.4, -0.2) is 5.16 Å². The number of hydrogen-bond acceptors (Lipinski definition) is 3. The first kappa shape index (κ1) is 26.4. The summed E-state index contributed by atoms with van der Waals surface area (Å²) in [7, 11) is 0. The number of alkyl halides is 2. The number of ether oxygens (including phenoxy) is 1. The first-order chi connectivity index (χ1) is 14.5. The van der Waals surface area contributed by atoms with E-state index in [2.05, 4.69) is 28.0 Å². The maximum atomic E-state index is 14.8. The van der Waals surface area contributed by atoms with Crippen molar-refractivity contribution in [1.29, 1.82) is 0 Å². The fraction of sp³-hybridized carbons (Fsp3) is 0.208. The number of aryl methyl sites for hydroxylation is 4. The Kier molecular flexibility index (Phi) is 8.59. The molecule has 2 nitrogen and oxygen atoms in total. The van der Waals surface area contributed by atoms with E-state index in [0.29, 0.717) is 12.1 Å². The van der Waals surface area contributed by atoms with Gasteiger partial charge in [-0.1, -0.05) is 41.3 Å². The minimum atomic E-state index is -3.87. The van der Waals surface area contributed by atoms with E-state index in [1.807, 2.05) is 38.1 Å². The Bertz CT molecular complexity index is 1180. The molecule has 0 fully saturated rings. The number of thiocarbonyl (C=S) groups is 1. The number of rotatable bonds is 5. The summed E-state index contributed by atoms with van der Waals surface area (Å²) in [6, 6.07) is 10.9. The molecule has 3 aromatic rings. The molecule has 8 heteroatoms. The van der Waals surface area contributed by atoms with E-state index in [9.17, 15) is 17.6 Å². The molecular formula is C24H18F4LaNOS-. The van der Waals surface area contributed by atoms with Gasteiger partial charge in [0.1, 0.15) is 11.4 Å². The van der Waals surface area contributed by atoms with E-state index >= 15 is 0 Å². The molecule has 32 heavy (non-hydrogen) atoms. The van der Waals surface area contributed by atoms with Crippen molar-refractivity contribution in [3.8, 4) is 16.9 Å². The molecule has 3 aromatic carbocycles. The summed E-state index contributed by atoms with van der Waals surface area (Å²) >= 11 is 4.31. The Morgan fingerprint density at radius 3 is 2.00 bits per heavy atom. The van der Waals surface area contributed by atoms with Crippen LogP contribution in [0.25, 0.3) is 11.1 Å². The van der Waals surface area contributed by atoms with E-state index in [0.717, 1.165) is 27.8 Å². The molecular weight excluding hydrogens is 565 g/mol. The molecule has 0 spiro atoms.